The second kappa shape index (κ2) is 12.6. The van der Waals surface area contributed by atoms with E-state index >= 15 is 0 Å². The van der Waals surface area contributed by atoms with Crippen molar-refractivity contribution in [3.8, 4) is 5.75 Å². The zero-order chi connectivity index (χ0) is 29.8. The lowest BCUT2D eigenvalue weighted by atomic mass is 9.95. The first kappa shape index (κ1) is 28.3. The predicted molar refractivity (Wildman–Crippen MR) is 167 cm³/mol. The average molecular weight is 607 g/mol. The Labute approximate surface area is 256 Å². The summed E-state index contributed by atoms with van der Waals surface area (Å²) in [7, 11) is 0. The largest absolute Gasteiger partial charge is 0.507 e. The summed E-state index contributed by atoms with van der Waals surface area (Å²) in [6.07, 6.45) is 3.03. The van der Waals surface area contributed by atoms with Crippen molar-refractivity contribution in [2.75, 3.05) is 4.90 Å². The number of pyridine rings is 1. The number of nitrogens with zero attached hydrogens (tertiary/aromatic N) is 4. The summed E-state index contributed by atoms with van der Waals surface area (Å²) in [5.41, 5.74) is 4.32. The molecule has 6 rings (SSSR count). The first-order valence-electron chi connectivity index (χ1n) is 13.5. The summed E-state index contributed by atoms with van der Waals surface area (Å²) >= 11 is 2.73. The number of aliphatic hydroxyl groups excluding tert-OH is 1. The first-order valence-corrected chi connectivity index (χ1v) is 15.3. The van der Waals surface area contributed by atoms with Crippen LogP contribution in [0.15, 0.2) is 113 Å². The summed E-state index contributed by atoms with van der Waals surface area (Å²) in [6, 6.07) is 27.5. The van der Waals surface area contributed by atoms with Crippen LogP contribution >= 0.6 is 23.1 Å². The quantitative estimate of drug-likeness (QED) is 0.0647. The van der Waals surface area contributed by atoms with E-state index in [1.54, 1.807) is 36.4 Å². The number of aryl methyl sites for hydroxylation is 1. The Morgan fingerprint density at radius 1 is 0.907 bits per heavy atom. The standard InChI is InChI=1S/C33H26N4O4S2/c1-21-7-9-23(10-8-21)20-42-33-36-35-32(43-33)37-28(27(30(39)31(37)40)29(38)25-15-17-34-18-16-25)24-11-13-26(14-12-24)41-19-22-5-3-2-4-6-22/h2-18,28,38H,19-20H2,1H3/b29-27+. The molecule has 8 nitrogen and oxygen atoms in total. The third-order valence-electron chi connectivity index (χ3n) is 6.93. The van der Waals surface area contributed by atoms with Gasteiger partial charge in [-0.05, 0) is 47.9 Å². The van der Waals surface area contributed by atoms with Crippen molar-refractivity contribution in [3.05, 3.63) is 137 Å². The number of benzene rings is 3. The van der Waals surface area contributed by atoms with Crippen molar-refractivity contribution in [2.45, 2.75) is 29.7 Å². The van der Waals surface area contributed by atoms with E-state index in [0.717, 1.165) is 11.1 Å². The normalized spacial score (nSPS) is 16.0. The molecule has 3 aromatic carbocycles. The lowest BCUT2D eigenvalue weighted by Gasteiger charge is -2.22. The van der Waals surface area contributed by atoms with Gasteiger partial charge >= 0.3 is 5.91 Å². The fourth-order valence-corrected chi connectivity index (χ4v) is 6.51. The van der Waals surface area contributed by atoms with Gasteiger partial charge in [-0.1, -0.05) is 95.4 Å². The molecule has 1 saturated heterocycles. The molecule has 1 aliphatic heterocycles. The molecule has 10 heteroatoms. The van der Waals surface area contributed by atoms with Crippen molar-refractivity contribution >= 4 is 45.7 Å². The predicted octanol–water partition coefficient (Wildman–Crippen LogP) is 6.74. The minimum absolute atomic E-state index is 0.0294. The highest BCUT2D eigenvalue weighted by molar-refractivity contribution is 8.00. The van der Waals surface area contributed by atoms with E-state index in [-0.39, 0.29) is 16.5 Å². The van der Waals surface area contributed by atoms with Gasteiger partial charge in [0.2, 0.25) is 5.13 Å². The molecular weight excluding hydrogens is 581 g/mol. The molecule has 5 aromatic rings. The molecule has 0 bridgehead atoms. The number of thioether (sulfide) groups is 1. The maximum atomic E-state index is 13.5. The zero-order valence-corrected chi connectivity index (χ0v) is 24.7. The molecule has 43 heavy (non-hydrogen) atoms. The van der Waals surface area contributed by atoms with Crippen molar-refractivity contribution in [1.29, 1.82) is 0 Å². The Hall–Kier alpha value is -4.80. The van der Waals surface area contributed by atoms with Gasteiger partial charge in [0.15, 0.2) is 4.34 Å². The highest BCUT2D eigenvalue weighted by Gasteiger charge is 2.48. The van der Waals surface area contributed by atoms with Crippen molar-refractivity contribution in [2.24, 2.45) is 0 Å². The van der Waals surface area contributed by atoms with Crippen molar-refractivity contribution < 1.29 is 19.4 Å². The van der Waals surface area contributed by atoms with Gasteiger partial charge in [0.05, 0.1) is 11.6 Å². The van der Waals surface area contributed by atoms with Crippen LogP contribution in [0.3, 0.4) is 0 Å². The van der Waals surface area contributed by atoms with E-state index in [1.165, 1.54) is 46.0 Å². The lowest BCUT2D eigenvalue weighted by molar-refractivity contribution is -0.132. The molecule has 1 N–H and O–H groups in total. The second-order valence-electron chi connectivity index (χ2n) is 9.87. The number of anilines is 1. The van der Waals surface area contributed by atoms with Crippen LogP contribution < -0.4 is 9.64 Å². The molecule has 1 amide bonds. The fraction of sp³-hybridized carbons (Fsp3) is 0.121. The Kier molecular flexibility index (Phi) is 8.30. The van der Waals surface area contributed by atoms with E-state index in [9.17, 15) is 14.7 Å². The number of amides is 1. The van der Waals surface area contributed by atoms with E-state index in [0.29, 0.717) is 33.6 Å². The topological polar surface area (TPSA) is 106 Å². The van der Waals surface area contributed by atoms with Crippen LogP contribution in [0.4, 0.5) is 5.13 Å². The van der Waals surface area contributed by atoms with Crippen LogP contribution in [0.25, 0.3) is 5.76 Å². The summed E-state index contributed by atoms with van der Waals surface area (Å²) in [5, 5.41) is 20.2. The van der Waals surface area contributed by atoms with Crippen LogP contribution in [0.1, 0.15) is 33.9 Å². The Bertz CT molecular complexity index is 1770. The number of carbonyl (C=O) groups excluding carboxylic acids is 2. The van der Waals surface area contributed by atoms with E-state index < -0.39 is 17.7 Å². The second-order valence-corrected chi connectivity index (χ2v) is 12.1. The highest BCUT2D eigenvalue weighted by atomic mass is 32.2. The van der Waals surface area contributed by atoms with Gasteiger partial charge < -0.3 is 9.84 Å². The molecule has 1 unspecified atom stereocenters. The van der Waals surface area contributed by atoms with Crippen LogP contribution in [0.5, 0.6) is 5.75 Å². The fourth-order valence-electron chi connectivity index (χ4n) is 4.69. The third kappa shape index (κ3) is 6.20. The molecule has 0 aliphatic carbocycles. The molecule has 214 valence electrons. The molecule has 3 heterocycles. The molecular formula is C33H26N4O4S2. The number of aliphatic hydroxyl groups is 1. The van der Waals surface area contributed by atoms with Gasteiger partial charge in [-0.15, -0.1) is 10.2 Å². The number of rotatable bonds is 9. The lowest BCUT2D eigenvalue weighted by Crippen LogP contribution is -2.29. The van der Waals surface area contributed by atoms with Crippen LogP contribution in [0, 0.1) is 6.92 Å². The third-order valence-corrected chi connectivity index (χ3v) is 9.05. The number of ether oxygens (including phenoxy) is 1. The summed E-state index contributed by atoms with van der Waals surface area (Å²) in [5.74, 6) is -0.548. The maximum Gasteiger partial charge on any atom is 0.301 e. The molecule has 1 atom stereocenters. The van der Waals surface area contributed by atoms with Gasteiger partial charge in [-0.2, -0.15) is 0 Å². The summed E-state index contributed by atoms with van der Waals surface area (Å²) in [6.45, 7) is 2.44. The monoisotopic (exact) mass is 606 g/mol. The highest BCUT2D eigenvalue weighted by Crippen LogP contribution is 2.44. The van der Waals surface area contributed by atoms with E-state index in [4.69, 9.17) is 4.74 Å². The van der Waals surface area contributed by atoms with Crippen molar-refractivity contribution in [3.63, 3.8) is 0 Å². The first-order chi connectivity index (χ1) is 21.0. The van der Waals surface area contributed by atoms with Crippen LogP contribution in [0.2, 0.25) is 0 Å². The van der Waals surface area contributed by atoms with Gasteiger partial charge in [0, 0.05) is 23.7 Å². The maximum absolute atomic E-state index is 13.5. The molecule has 0 radical (unpaired) electrons. The number of ketones is 1. The molecule has 0 spiro atoms. The number of carbonyl (C=O) groups is 2. The molecule has 1 aliphatic rings. The Morgan fingerprint density at radius 3 is 2.35 bits per heavy atom. The number of aromatic nitrogens is 3. The van der Waals surface area contributed by atoms with Gasteiger partial charge in [-0.3, -0.25) is 19.5 Å². The van der Waals surface area contributed by atoms with E-state index in [1.807, 2.05) is 37.3 Å². The smallest absolute Gasteiger partial charge is 0.301 e. The molecule has 0 saturated carbocycles. The average Bonchev–Trinajstić information content (AvgIpc) is 3.62. The zero-order valence-electron chi connectivity index (χ0n) is 23.1. The van der Waals surface area contributed by atoms with Gasteiger partial charge in [0.25, 0.3) is 5.78 Å². The number of Topliss-reactive ketones (excluding diaryl/α,β-unsaturated/α-hetero) is 1. The Balaban J connectivity index is 1.32. The number of hydrogen-bond acceptors (Lipinski definition) is 9. The van der Waals surface area contributed by atoms with Crippen molar-refractivity contribution in [1.82, 2.24) is 15.2 Å². The number of hydrogen-bond donors (Lipinski definition) is 1. The minimum atomic E-state index is -0.917. The Morgan fingerprint density at radius 2 is 1.63 bits per heavy atom. The molecule has 1 fully saturated rings. The summed E-state index contributed by atoms with van der Waals surface area (Å²) < 4.78 is 6.60. The minimum Gasteiger partial charge on any atom is -0.507 e. The van der Waals surface area contributed by atoms with Crippen LogP contribution in [-0.2, 0) is 21.9 Å². The summed E-state index contributed by atoms with van der Waals surface area (Å²) in [4.78, 5) is 32.3. The van der Waals surface area contributed by atoms with Gasteiger partial charge in [0.1, 0.15) is 18.1 Å². The van der Waals surface area contributed by atoms with E-state index in [2.05, 4.69) is 39.4 Å². The SMILES string of the molecule is Cc1ccc(CSc2nnc(N3C(=O)C(=O)/C(=C(/O)c4ccncc4)C3c3ccc(OCc4ccccc4)cc3)s2)cc1. The van der Waals surface area contributed by atoms with Gasteiger partial charge in [-0.25, -0.2) is 0 Å². The molecule has 2 aromatic heterocycles. The van der Waals surface area contributed by atoms with Crippen LogP contribution in [-0.4, -0.2) is 32.0 Å².